The highest BCUT2D eigenvalue weighted by Gasteiger charge is 2.14. The Hall–Kier alpha value is -3.32. The Morgan fingerprint density at radius 2 is 1.97 bits per heavy atom. The highest BCUT2D eigenvalue weighted by atomic mass is 32.2. The molecule has 0 bridgehead atoms. The SMILES string of the molecule is CCCCOc1ccccc1-c1cc2c(SCC(=O)Nc3ccc(C)c(C)c3)nccn2n1. The number of ether oxygens (including phenoxy) is 1. The molecule has 7 heteroatoms. The highest BCUT2D eigenvalue weighted by molar-refractivity contribution is 8.00. The van der Waals surface area contributed by atoms with Crippen LogP contribution in [0.4, 0.5) is 5.69 Å². The van der Waals surface area contributed by atoms with Crippen LogP contribution in [0.25, 0.3) is 16.8 Å². The summed E-state index contributed by atoms with van der Waals surface area (Å²) in [5, 5.41) is 8.45. The van der Waals surface area contributed by atoms with E-state index in [1.54, 1.807) is 10.7 Å². The molecular weight excluding hydrogens is 432 g/mol. The van der Waals surface area contributed by atoms with Gasteiger partial charge in [0.2, 0.25) is 5.91 Å². The number of para-hydroxylation sites is 1. The summed E-state index contributed by atoms with van der Waals surface area (Å²) in [6.07, 6.45) is 5.61. The van der Waals surface area contributed by atoms with Crippen molar-refractivity contribution in [3.8, 4) is 17.0 Å². The second-order valence-electron chi connectivity index (χ2n) is 7.93. The number of carbonyl (C=O) groups is 1. The van der Waals surface area contributed by atoms with E-state index in [9.17, 15) is 4.79 Å². The lowest BCUT2D eigenvalue weighted by Gasteiger charge is -2.09. The average molecular weight is 461 g/mol. The van der Waals surface area contributed by atoms with Crippen molar-refractivity contribution in [1.29, 1.82) is 0 Å². The molecule has 1 amide bonds. The summed E-state index contributed by atoms with van der Waals surface area (Å²) in [4.78, 5) is 17.0. The molecule has 0 aliphatic carbocycles. The maximum Gasteiger partial charge on any atom is 0.234 e. The van der Waals surface area contributed by atoms with Gasteiger partial charge in [-0.15, -0.1) is 0 Å². The quantitative estimate of drug-likeness (QED) is 0.248. The number of anilines is 1. The van der Waals surface area contributed by atoms with E-state index >= 15 is 0 Å². The number of thioether (sulfide) groups is 1. The molecule has 0 spiro atoms. The number of fused-ring (bicyclic) bond motifs is 1. The molecule has 2 aromatic heterocycles. The largest absolute Gasteiger partial charge is 0.493 e. The summed E-state index contributed by atoms with van der Waals surface area (Å²) in [6, 6.07) is 15.9. The summed E-state index contributed by atoms with van der Waals surface area (Å²) in [6.45, 7) is 6.91. The number of aryl methyl sites for hydroxylation is 2. The van der Waals surface area contributed by atoms with Gasteiger partial charge < -0.3 is 10.1 Å². The van der Waals surface area contributed by atoms with E-state index in [1.165, 1.54) is 17.3 Å². The summed E-state index contributed by atoms with van der Waals surface area (Å²) in [5.74, 6) is 1.02. The number of nitrogens with one attached hydrogen (secondary N) is 1. The molecule has 0 radical (unpaired) electrons. The van der Waals surface area contributed by atoms with Crippen molar-refractivity contribution < 1.29 is 9.53 Å². The predicted octanol–water partition coefficient (Wildman–Crippen LogP) is 5.92. The van der Waals surface area contributed by atoms with Gasteiger partial charge in [-0.3, -0.25) is 4.79 Å². The zero-order chi connectivity index (χ0) is 23.2. The Morgan fingerprint density at radius 1 is 1.12 bits per heavy atom. The molecule has 0 aliphatic rings. The lowest BCUT2D eigenvalue weighted by atomic mass is 10.1. The highest BCUT2D eigenvalue weighted by Crippen LogP contribution is 2.32. The molecule has 4 rings (SSSR count). The summed E-state index contributed by atoms with van der Waals surface area (Å²) < 4.78 is 7.79. The smallest absolute Gasteiger partial charge is 0.234 e. The standard InChI is InChI=1S/C26H28N4O2S/c1-4-5-14-32-24-9-7-6-8-21(24)22-16-23-26(27-12-13-30(23)29-22)33-17-25(31)28-20-11-10-18(2)19(3)15-20/h6-13,15-16H,4-5,14,17H2,1-3H3,(H,28,31). The summed E-state index contributed by atoms with van der Waals surface area (Å²) in [5.41, 5.74) is 5.78. The second-order valence-corrected chi connectivity index (χ2v) is 8.89. The third-order valence-electron chi connectivity index (χ3n) is 5.40. The normalized spacial score (nSPS) is 11.0. The third-order valence-corrected chi connectivity index (χ3v) is 6.40. The third kappa shape index (κ3) is 5.54. The van der Waals surface area contributed by atoms with Gasteiger partial charge in [0.05, 0.1) is 23.6 Å². The van der Waals surface area contributed by atoms with E-state index in [1.807, 2.05) is 61.7 Å². The molecule has 0 fully saturated rings. The first-order chi connectivity index (χ1) is 16.0. The average Bonchev–Trinajstić information content (AvgIpc) is 3.25. The Balaban J connectivity index is 1.50. The van der Waals surface area contributed by atoms with Crippen LogP contribution in [0, 0.1) is 13.8 Å². The van der Waals surface area contributed by atoms with Crippen molar-refractivity contribution in [1.82, 2.24) is 14.6 Å². The van der Waals surface area contributed by atoms with Crippen LogP contribution in [-0.2, 0) is 4.79 Å². The van der Waals surface area contributed by atoms with Crippen molar-refractivity contribution >= 4 is 28.9 Å². The first-order valence-corrected chi connectivity index (χ1v) is 12.1. The van der Waals surface area contributed by atoms with Crippen LogP contribution >= 0.6 is 11.8 Å². The van der Waals surface area contributed by atoms with E-state index in [-0.39, 0.29) is 11.7 Å². The molecule has 4 aromatic rings. The van der Waals surface area contributed by atoms with Crippen molar-refractivity contribution in [2.75, 3.05) is 17.7 Å². The molecule has 0 unspecified atom stereocenters. The van der Waals surface area contributed by atoms with Crippen LogP contribution in [0.1, 0.15) is 30.9 Å². The fourth-order valence-corrected chi connectivity index (χ4v) is 4.20. The van der Waals surface area contributed by atoms with E-state index < -0.39 is 0 Å². The van der Waals surface area contributed by atoms with E-state index in [0.717, 1.165) is 51.6 Å². The first kappa shape index (κ1) is 22.9. The van der Waals surface area contributed by atoms with E-state index in [2.05, 4.69) is 24.1 Å². The van der Waals surface area contributed by atoms with Gasteiger partial charge in [-0.1, -0.05) is 43.3 Å². The number of rotatable bonds is 9. The van der Waals surface area contributed by atoms with Crippen LogP contribution in [0.3, 0.4) is 0 Å². The number of amides is 1. The molecular formula is C26H28N4O2S. The molecule has 2 heterocycles. The van der Waals surface area contributed by atoms with Gasteiger partial charge in [0.25, 0.3) is 0 Å². The Labute approximate surface area is 198 Å². The fourth-order valence-electron chi connectivity index (χ4n) is 3.42. The molecule has 0 aliphatic heterocycles. The predicted molar refractivity (Wildman–Crippen MR) is 134 cm³/mol. The zero-order valence-corrected chi connectivity index (χ0v) is 20.0. The minimum Gasteiger partial charge on any atom is -0.493 e. The zero-order valence-electron chi connectivity index (χ0n) is 19.2. The number of nitrogens with zero attached hydrogens (tertiary/aromatic N) is 3. The topological polar surface area (TPSA) is 68.5 Å². The summed E-state index contributed by atoms with van der Waals surface area (Å²) >= 11 is 1.40. The Morgan fingerprint density at radius 3 is 2.79 bits per heavy atom. The minimum absolute atomic E-state index is 0.0681. The molecule has 0 atom stereocenters. The summed E-state index contributed by atoms with van der Waals surface area (Å²) in [7, 11) is 0. The van der Waals surface area contributed by atoms with Gasteiger partial charge >= 0.3 is 0 Å². The lowest BCUT2D eigenvalue weighted by molar-refractivity contribution is -0.113. The Kier molecular flexibility index (Phi) is 7.29. The van der Waals surface area contributed by atoms with Gasteiger partial charge in [-0.25, -0.2) is 9.50 Å². The molecule has 170 valence electrons. The molecule has 33 heavy (non-hydrogen) atoms. The molecule has 0 saturated carbocycles. The molecule has 6 nitrogen and oxygen atoms in total. The number of hydrogen-bond donors (Lipinski definition) is 1. The number of aromatic nitrogens is 3. The van der Waals surface area contributed by atoms with Gasteiger partial charge in [0.15, 0.2) is 0 Å². The second kappa shape index (κ2) is 10.5. The van der Waals surface area contributed by atoms with Crippen LogP contribution in [0.5, 0.6) is 5.75 Å². The van der Waals surface area contributed by atoms with Gasteiger partial charge in [0.1, 0.15) is 10.8 Å². The van der Waals surface area contributed by atoms with Crippen molar-refractivity contribution in [2.24, 2.45) is 0 Å². The van der Waals surface area contributed by atoms with Crippen molar-refractivity contribution in [3.05, 3.63) is 72.1 Å². The van der Waals surface area contributed by atoms with Crippen molar-refractivity contribution in [2.45, 2.75) is 38.6 Å². The fraction of sp³-hybridized carbons (Fsp3) is 0.269. The number of unbranched alkanes of at least 4 members (excludes halogenated alkanes) is 1. The first-order valence-electron chi connectivity index (χ1n) is 11.1. The molecule has 1 N–H and O–H groups in total. The van der Waals surface area contributed by atoms with Gasteiger partial charge in [-0.05, 0) is 61.7 Å². The minimum atomic E-state index is -0.0681. The van der Waals surface area contributed by atoms with Crippen molar-refractivity contribution in [3.63, 3.8) is 0 Å². The monoisotopic (exact) mass is 460 g/mol. The number of hydrogen-bond acceptors (Lipinski definition) is 5. The number of benzene rings is 2. The maximum atomic E-state index is 12.5. The van der Waals surface area contributed by atoms with Crippen LogP contribution in [0.15, 0.2) is 66.0 Å². The van der Waals surface area contributed by atoms with E-state index in [4.69, 9.17) is 9.84 Å². The van der Waals surface area contributed by atoms with Crippen LogP contribution in [0.2, 0.25) is 0 Å². The molecule has 0 saturated heterocycles. The van der Waals surface area contributed by atoms with E-state index in [0.29, 0.717) is 6.61 Å². The molecule has 2 aromatic carbocycles. The van der Waals surface area contributed by atoms with Gasteiger partial charge in [0, 0.05) is 23.6 Å². The van der Waals surface area contributed by atoms with Crippen LogP contribution < -0.4 is 10.1 Å². The Bertz CT molecular complexity index is 1270. The maximum absolute atomic E-state index is 12.5. The van der Waals surface area contributed by atoms with Crippen LogP contribution in [-0.4, -0.2) is 32.9 Å². The number of carbonyl (C=O) groups excluding carboxylic acids is 1. The lowest BCUT2D eigenvalue weighted by Crippen LogP contribution is -2.14. The van der Waals surface area contributed by atoms with Gasteiger partial charge in [-0.2, -0.15) is 5.10 Å².